The van der Waals surface area contributed by atoms with E-state index >= 15 is 0 Å². The molecule has 1 aliphatic heterocycles. The number of carbonyl (C=O) groups is 1. The Kier molecular flexibility index (Phi) is 4.85. The van der Waals surface area contributed by atoms with E-state index in [4.69, 9.17) is 10.5 Å². The van der Waals surface area contributed by atoms with Crippen LogP contribution in [0.2, 0.25) is 0 Å². The Morgan fingerprint density at radius 1 is 1.47 bits per heavy atom. The predicted molar refractivity (Wildman–Crippen MR) is 75.2 cm³/mol. The fourth-order valence-electron chi connectivity index (χ4n) is 3.18. The van der Waals surface area contributed by atoms with Crippen LogP contribution in [0.1, 0.15) is 40.5 Å². The lowest BCUT2D eigenvalue weighted by Crippen LogP contribution is -2.69. The third-order valence-corrected chi connectivity index (χ3v) is 4.71. The molecule has 0 spiro atoms. The summed E-state index contributed by atoms with van der Waals surface area (Å²) in [6.07, 6.45) is 1.04. The van der Waals surface area contributed by atoms with Gasteiger partial charge in [0.25, 0.3) is 0 Å². The lowest BCUT2D eigenvalue weighted by Gasteiger charge is -2.53. The molecule has 3 N–H and O–H groups in total. The summed E-state index contributed by atoms with van der Waals surface area (Å²) in [5, 5.41) is 9.22. The second kappa shape index (κ2) is 5.67. The van der Waals surface area contributed by atoms with E-state index in [-0.39, 0.29) is 17.4 Å². The van der Waals surface area contributed by atoms with Gasteiger partial charge in [-0.05, 0) is 25.2 Å². The van der Waals surface area contributed by atoms with Crippen molar-refractivity contribution in [2.75, 3.05) is 20.3 Å². The molecule has 0 aliphatic carbocycles. The molecule has 1 rings (SSSR count). The lowest BCUT2D eigenvalue weighted by atomic mass is 9.61. The minimum atomic E-state index is -0.941. The Hall–Kier alpha value is -0.810. The topological polar surface area (TPSA) is 75.8 Å². The second-order valence-electron chi connectivity index (χ2n) is 6.67. The summed E-state index contributed by atoms with van der Waals surface area (Å²) in [7, 11) is 1.59. The van der Waals surface area contributed by atoms with Gasteiger partial charge in [-0.25, -0.2) is 4.79 Å². The van der Waals surface area contributed by atoms with Crippen molar-refractivity contribution in [3.63, 3.8) is 0 Å². The minimum absolute atomic E-state index is 0.179. The fraction of sp³-hybridized carbons (Fsp3) is 0.929. The number of rotatable bonds is 3. The van der Waals surface area contributed by atoms with Gasteiger partial charge in [0.05, 0.1) is 12.6 Å². The largest absolute Gasteiger partial charge is 0.465 e. The van der Waals surface area contributed by atoms with Gasteiger partial charge in [-0.15, -0.1) is 0 Å². The van der Waals surface area contributed by atoms with Crippen molar-refractivity contribution < 1.29 is 14.6 Å². The average Bonchev–Trinajstić information content (AvgIpc) is 2.35. The molecule has 5 heteroatoms. The van der Waals surface area contributed by atoms with Crippen LogP contribution in [0.4, 0.5) is 4.79 Å². The highest BCUT2D eigenvalue weighted by Crippen LogP contribution is 2.42. The first-order valence-electron chi connectivity index (χ1n) is 6.94. The van der Waals surface area contributed by atoms with Crippen LogP contribution in [0, 0.1) is 11.3 Å². The molecule has 0 aromatic heterocycles. The highest BCUT2D eigenvalue weighted by atomic mass is 16.5. The zero-order valence-electron chi connectivity index (χ0n) is 12.8. The molecule has 0 aromatic carbocycles. The van der Waals surface area contributed by atoms with Crippen molar-refractivity contribution in [1.29, 1.82) is 0 Å². The molecule has 0 bridgehead atoms. The van der Waals surface area contributed by atoms with E-state index in [0.29, 0.717) is 6.61 Å². The molecule has 1 saturated heterocycles. The van der Waals surface area contributed by atoms with Crippen LogP contribution in [0.3, 0.4) is 0 Å². The normalized spacial score (nSPS) is 25.5. The first kappa shape index (κ1) is 16.2. The van der Waals surface area contributed by atoms with Crippen molar-refractivity contribution in [3.05, 3.63) is 0 Å². The van der Waals surface area contributed by atoms with Gasteiger partial charge in [-0.2, -0.15) is 0 Å². The third-order valence-electron chi connectivity index (χ3n) is 4.71. The van der Waals surface area contributed by atoms with Gasteiger partial charge in [-0.3, -0.25) is 0 Å². The number of nitrogens with two attached hydrogens (primary N) is 1. The smallest absolute Gasteiger partial charge is 0.407 e. The number of hydrogen-bond donors (Lipinski definition) is 2. The Balaban J connectivity index is 3.08. The number of ether oxygens (including phenoxy) is 1. The Labute approximate surface area is 116 Å². The van der Waals surface area contributed by atoms with E-state index in [9.17, 15) is 9.90 Å². The molecule has 19 heavy (non-hydrogen) atoms. The van der Waals surface area contributed by atoms with E-state index in [1.54, 1.807) is 7.05 Å². The number of nitrogens with zero attached hydrogens (tertiary/aromatic N) is 1. The predicted octanol–water partition coefficient (Wildman–Crippen LogP) is 2.15. The van der Waals surface area contributed by atoms with Gasteiger partial charge in [0.2, 0.25) is 0 Å². The minimum Gasteiger partial charge on any atom is -0.465 e. The second-order valence-corrected chi connectivity index (χ2v) is 6.67. The molecule has 1 fully saturated rings. The summed E-state index contributed by atoms with van der Waals surface area (Å²) in [4.78, 5) is 12.6. The molecule has 1 aliphatic rings. The van der Waals surface area contributed by atoms with Crippen molar-refractivity contribution in [1.82, 2.24) is 4.90 Å². The molecule has 1 heterocycles. The van der Waals surface area contributed by atoms with Crippen LogP contribution in [-0.4, -0.2) is 47.9 Å². The zero-order chi connectivity index (χ0) is 14.8. The first-order chi connectivity index (χ1) is 8.62. The fourth-order valence-corrected chi connectivity index (χ4v) is 3.18. The average molecular weight is 272 g/mol. The highest BCUT2D eigenvalue weighted by Gasteiger charge is 2.51. The van der Waals surface area contributed by atoms with E-state index in [2.05, 4.69) is 20.8 Å². The van der Waals surface area contributed by atoms with E-state index < -0.39 is 11.6 Å². The maximum atomic E-state index is 11.2. The van der Waals surface area contributed by atoms with Crippen LogP contribution in [0.5, 0.6) is 0 Å². The maximum absolute atomic E-state index is 11.2. The number of likely N-dealkylation sites (N-methyl/N-ethyl adjacent to an activating group) is 1. The summed E-state index contributed by atoms with van der Waals surface area (Å²) in [6, 6.07) is -0.267. The van der Waals surface area contributed by atoms with Crippen molar-refractivity contribution in [3.8, 4) is 0 Å². The zero-order valence-corrected chi connectivity index (χ0v) is 12.8. The molecule has 112 valence electrons. The molecule has 0 saturated carbocycles. The van der Waals surface area contributed by atoms with Gasteiger partial charge < -0.3 is 20.5 Å². The quantitative estimate of drug-likeness (QED) is 0.825. The highest BCUT2D eigenvalue weighted by molar-refractivity contribution is 5.65. The summed E-state index contributed by atoms with van der Waals surface area (Å²) < 4.78 is 5.57. The van der Waals surface area contributed by atoms with Crippen LogP contribution in [-0.2, 0) is 4.74 Å². The van der Waals surface area contributed by atoms with Gasteiger partial charge in [-0.1, -0.05) is 20.8 Å². The van der Waals surface area contributed by atoms with E-state index in [1.807, 2.05) is 6.92 Å². The Bertz CT molecular complexity index is 321. The molecule has 3 atom stereocenters. The molecule has 0 radical (unpaired) electrons. The molecule has 1 amide bonds. The van der Waals surface area contributed by atoms with Crippen LogP contribution in [0.15, 0.2) is 0 Å². The van der Waals surface area contributed by atoms with Gasteiger partial charge in [0, 0.05) is 25.1 Å². The summed E-state index contributed by atoms with van der Waals surface area (Å²) >= 11 is 0. The van der Waals surface area contributed by atoms with Crippen molar-refractivity contribution in [2.24, 2.45) is 17.1 Å². The summed E-state index contributed by atoms with van der Waals surface area (Å²) in [5.74, 6) is 0.179. The SMILES string of the molecule is CC(N(C)C(=O)O)C(N)(C1CCCOC1)C(C)(C)C. The Morgan fingerprint density at radius 2 is 2.05 bits per heavy atom. The third kappa shape index (κ3) is 3.03. The molecular formula is C14H28N2O3. The van der Waals surface area contributed by atoms with Gasteiger partial charge in [0.1, 0.15) is 0 Å². The van der Waals surface area contributed by atoms with Gasteiger partial charge >= 0.3 is 6.09 Å². The van der Waals surface area contributed by atoms with Crippen LogP contribution >= 0.6 is 0 Å². The summed E-state index contributed by atoms with van der Waals surface area (Å²) in [5.41, 5.74) is 5.93. The number of hydrogen-bond acceptors (Lipinski definition) is 3. The van der Waals surface area contributed by atoms with Gasteiger partial charge in [0.15, 0.2) is 0 Å². The summed E-state index contributed by atoms with van der Waals surface area (Å²) in [6.45, 7) is 9.52. The first-order valence-corrected chi connectivity index (χ1v) is 6.94. The molecule has 3 unspecified atom stereocenters. The van der Waals surface area contributed by atoms with E-state index in [1.165, 1.54) is 4.90 Å². The maximum Gasteiger partial charge on any atom is 0.407 e. The Morgan fingerprint density at radius 3 is 2.42 bits per heavy atom. The lowest BCUT2D eigenvalue weighted by molar-refractivity contribution is -0.0435. The van der Waals surface area contributed by atoms with E-state index in [0.717, 1.165) is 19.4 Å². The van der Waals surface area contributed by atoms with Crippen molar-refractivity contribution in [2.45, 2.75) is 52.1 Å². The molecule has 5 nitrogen and oxygen atoms in total. The van der Waals surface area contributed by atoms with Crippen LogP contribution in [0.25, 0.3) is 0 Å². The van der Waals surface area contributed by atoms with Crippen molar-refractivity contribution >= 4 is 6.09 Å². The number of amides is 1. The monoisotopic (exact) mass is 272 g/mol. The van der Waals surface area contributed by atoms with Crippen LogP contribution < -0.4 is 5.73 Å². The molecular weight excluding hydrogens is 244 g/mol. The number of carboxylic acid groups (broad SMARTS) is 1. The standard InChI is InChI=1S/C14H28N2O3/c1-10(16(5)12(17)18)14(15,13(2,3)4)11-7-6-8-19-9-11/h10-11H,6-9,15H2,1-5H3,(H,17,18). The molecule has 0 aromatic rings.